The van der Waals surface area contributed by atoms with Crippen LogP contribution < -0.4 is 5.54 Å². The predicted molar refractivity (Wildman–Crippen MR) is 45.0 cm³/mol. The average Bonchev–Trinajstić information content (AvgIpc) is 2.43. The van der Waals surface area contributed by atoms with Crippen LogP contribution in [-0.4, -0.2) is 47.6 Å². The van der Waals surface area contributed by atoms with Crippen LogP contribution in [0.25, 0.3) is 0 Å². The zero-order chi connectivity index (χ0) is 21.8. The molecule has 0 aromatic carbocycles. The monoisotopic (exact) mass is 431 g/mol. The highest BCUT2D eigenvalue weighted by Gasteiger charge is 2.94. The van der Waals surface area contributed by atoms with Gasteiger partial charge in [0.25, 0.3) is 0 Å². The molecule has 0 saturated heterocycles. The number of hydrogen-bond donors (Lipinski definition) is 1. The summed E-state index contributed by atoms with van der Waals surface area (Å²) in [6.07, 6.45) is -7.72. The fourth-order valence-electron chi connectivity index (χ4n) is 1.17. The summed E-state index contributed by atoms with van der Waals surface area (Å²) in [4.78, 5) is 10.0. The zero-order valence-electron chi connectivity index (χ0n) is 11.0. The van der Waals surface area contributed by atoms with Gasteiger partial charge in [-0.25, -0.2) is 0 Å². The summed E-state index contributed by atoms with van der Waals surface area (Å²) in [6, 6.07) is 0. The molecule has 0 aromatic rings. The van der Waals surface area contributed by atoms with Gasteiger partial charge in [0.2, 0.25) is 0 Å². The van der Waals surface area contributed by atoms with Crippen molar-refractivity contribution < 1.29 is 75.1 Å². The van der Waals surface area contributed by atoms with E-state index in [0.29, 0.717) is 0 Å². The van der Waals surface area contributed by atoms with Gasteiger partial charge in [-0.1, -0.05) is 0 Å². The maximum Gasteiger partial charge on any atom is 0.460 e. The molecule has 0 saturated carbocycles. The molecule has 0 aliphatic carbocycles. The van der Waals surface area contributed by atoms with E-state index in [1.807, 2.05) is 0 Å². The van der Waals surface area contributed by atoms with Crippen molar-refractivity contribution in [1.29, 1.82) is 0 Å². The third kappa shape index (κ3) is 2.80. The second-order valence-electron chi connectivity index (χ2n) is 4.37. The van der Waals surface area contributed by atoms with Gasteiger partial charge in [0.05, 0.1) is 0 Å². The minimum absolute atomic E-state index is 0.935. The standard InChI is InChI=1S/C8HF16NO/c9-2(10,1(26)25-24)3(11,12)4(13,14)5(15,16)6(17,18)7(19,20)8(21,22)23/h(H,25,26). The van der Waals surface area contributed by atoms with Crippen molar-refractivity contribution in [3.63, 3.8) is 0 Å². The third-order valence-corrected chi connectivity index (χ3v) is 2.70. The van der Waals surface area contributed by atoms with Crippen LogP contribution in [0.5, 0.6) is 0 Å². The smallest absolute Gasteiger partial charge is 0.265 e. The van der Waals surface area contributed by atoms with E-state index in [4.69, 9.17) is 0 Å². The van der Waals surface area contributed by atoms with Gasteiger partial charge in [-0.3, -0.25) is 4.79 Å². The molecule has 0 aromatic heterocycles. The van der Waals surface area contributed by atoms with Gasteiger partial charge in [0.15, 0.2) is 0 Å². The summed E-state index contributed by atoms with van der Waals surface area (Å²) in [5, 5.41) is 0. The first-order valence-corrected chi connectivity index (χ1v) is 5.23. The lowest BCUT2D eigenvalue weighted by molar-refractivity contribution is -0.449. The van der Waals surface area contributed by atoms with Crippen molar-refractivity contribution in [2.75, 3.05) is 0 Å². The molecule has 0 unspecified atom stereocenters. The summed E-state index contributed by atoms with van der Waals surface area (Å²) in [7, 11) is 0. The van der Waals surface area contributed by atoms with Crippen LogP contribution >= 0.6 is 0 Å². The van der Waals surface area contributed by atoms with Crippen molar-refractivity contribution in [1.82, 2.24) is 5.54 Å². The highest BCUT2D eigenvalue weighted by atomic mass is 19.4. The van der Waals surface area contributed by atoms with E-state index in [2.05, 4.69) is 0 Å². The summed E-state index contributed by atoms with van der Waals surface area (Å²) in [5.74, 6) is -52.9. The van der Waals surface area contributed by atoms with E-state index < -0.39 is 53.2 Å². The van der Waals surface area contributed by atoms with Gasteiger partial charge < -0.3 is 0 Å². The normalized spacial score (nSPS) is 15.8. The fraction of sp³-hybridized carbons (Fsp3) is 0.875. The Labute approximate surface area is 130 Å². The second kappa shape index (κ2) is 5.93. The minimum Gasteiger partial charge on any atom is -0.265 e. The Bertz CT molecular complexity index is 547. The first-order chi connectivity index (χ1) is 11.0. The van der Waals surface area contributed by atoms with Crippen LogP contribution in [0.4, 0.5) is 70.3 Å². The number of alkyl halides is 15. The highest BCUT2D eigenvalue weighted by Crippen LogP contribution is 2.62. The van der Waals surface area contributed by atoms with Crippen LogP contribution in [0.1, 0.15) is 0 Å². The summed E-state index contributed by atoms with van der Waals surface area (Å²) in [5.41, 5.74) is -0.935. The molecule has 0 aliphatic rings. The SMILES string of the molecule is O=C(NF)C(F)(F)C(F)(F)C(F)(F)C(F)(F)C(F)(F)C(F)(F)C(F)(F)F. The van der Waals surface area contributed by atoms with E-state index in [1.54, 1.807) is 0 Å². The molecule has 1 amide bonds. The topological polar surface area (TPSA) is 29.1 Å². The molecule has 0 aliphatic heterocycles. The number of hydrogen-bond acceptors (Lipinski definition) is 1. The number of nitrogens with one attached hydrogen (secondary N) is 1. The molecule has 0 heterocycles. The Morgan fingerprint density at radius 2 is 0.769 bits per heavy atom. The number of rotatable bonds is 6. The van der Waals surface area contributed by atoms with Gasteiger partial charge >= 0.3 is 47.6 Å². The molecule has 156 valence electrons. The van der Waals surface area contributed by atoms with Gasteiger partial charge in [0, 0.05) is 0 Å². The highest BCUT2D eigenvalue weighted by molar-refractivity contribution is 5.83. The Morgan fingerprint density at radius 3 is 1.04 bits per heavy atom. The van der Waals surface area contributed by atoms with Crippen LogP contribution in [0.3, 0.4) is 0 Å². The molecular weight excluding hydrogens is 430 g/mol. The second-order valence-corrected chi connectivity index (χ2v) is 4.37. The van der Waals surface area contributed by atoms with Crippen LogP contribution in [0.2, 0.25) is 0 Å². The largest absolute Gasteiger partial charge is 0.460 e. The summed E-state index contributed by atoms with van der Waals surface area (Å²) >= 11 is 0. The van der Waals surface area contributed by atoms with Crippen molar-refractivity contribution >= 4 is 5.91 Å². The minimum atomic E-state index is -8.51. The first kappa shape index (κ1) is 24.3. The van der Waals surface area contributed by atoms with Crippen LogP contribution in [0, 0.1) is 0 Å². The Balaban J connectivity index is 6.56. The van der Waals surface area contributed by atoms with Gasteiger partial charge in [0.1, 0.15) is 0 Å². The lowest BCUT2D eigenvalue weighted by Crippen LogP contribution is -2.73. The molecule has 0 fully saturated rings. The Kier molecular flexibility index (Phi) is 5.55. The molecule has 0 atom stereocenters. The van der Waals surface area contributed by atoms with Crippen molar-refractivity contribution in [3.05, 3.63) is 0 Å². The number of amides is 1. The average molecular weight is 431 g/mol. The van der Waals surface area contributed by atoms with Gasteiger partial charge in [-0.15, -0.1) is 4.48 Å². The molecule has 26 heavy (non-hydrogen) atoms. The molecule has 0 spiro atoms. The van der Waals surface area contributed by atoms with E-state index in [9.17, 15) is 75.1 Å². The van der Waals surface area contributed by atoms with Gasteiger partial charge in [-0.2, -0.15) is 71.4 Å². The number of carbonyl (C=O) groups excluding carboxylic acids is 1. The number of halogens is 16. The van der Waals surface area contributed by atoms with Crippen molar-refractivity contribution in [2.24, 2.45) is 0 Å². The Morgan fingerprint density at radius 1 is 0.500 bits per heavy atom. The molecule has 0 rings (SSSR count). The summed E-state index contributed by atoms with van der Waals surface area (Å²) < 4.78 is 199. The molecule has 2 nitrogen and oxygen atoms in total. The molecule has 0 bridgehead atoms. The van der Waals surface area contributed by atoms with E-state index in [0.717, 1.165) is 0 Å². The van der Waals surface area contributed by atoms with E-state index in [-0.39, 0.29) is 0 Å². The lowest BCUT2D eigenvalue weighted by Gasteiger charge is -2.40. The van der Waals surface area contributed by atoms with Crippen LogP contribution in [-0.2, 0) is 4.79 Å². The lowest BCUT2D eigenvalue weighted by atomic mass is 9.91. The molecule has 18 heteroatoms. The third-order valence-electron chi connectivity index (χ3n) is 2.70. The zero-order valence-corrected chi connectivity index (χ0v) is 11.0. The van der Waals surface area contributed by atoms with Crippen LogP contribution in [0.15, 0.2) is 0 Å². The quantitative estimate of drug-likeness (QED) is 0.492. The maximum absolute atomic E-state index is 12.9. The molecule has 0 radical (unpaired) electrons. The molecular formula is C8HF16NO. The van der Waals surface area contributed by atoms with Crippen molar-refractivity contribution in [2.45, 2.75) is 41.7 Å². The van der Waals surface area contributed by atoms with E-state index >= 15 is 0 Å². The predicted octanol–water partition coefficient (Wildman–Crippen LogP) is 4.36. The Hall–Kier alpha value is -1.65. The number of carbonyl (C=O) groups is 1. The first-order valence-electron chi connectivity index (χ1n) is 5.23. The maximum atomic E-state index is 12.9. The van der Waals surface area contributed by atoms with E-state index in [1.165, 1.54) is 0 Å². The van der Waals surface area contributed by atoms with Crippen molar-refractivity contribution in [3.8, 4) is 0 Å². The fourth-order valence-corrected chi connectivity index (χ4v) is 1.17. The molecule has 1 N–H and O–H groups in total. The van der Waals surface area contributed by atoms with Gasteiger partial charge in [-0.05, 0) is 0 Å². The summed E-state index contributed by atoms with van der Waals surface area (Å²) in [6.45, 7) is 0.